The Morgan fingerprint density at radius 2 is 1.80 bits per heavy atom. The first-order chi connectivity index (χ1) is 9.54. The van der Waals surface area contributed by atoms with Crippen molar-refractivity contribution in [3.05, 3.63) is 47.8 Å². The monoisotopic (exact) mass is 271 g/mol. The second-order valence-electron chi connectivity index (χ2n) is 4.17. The lowest BCUT2D eigenvalue weighted by molar-refractivity contribution is 0.0590. The highest BCUT2D eigenvalue weighted by molar-refractivity contribution is 6.01. The van der Waals surface area contributed by atoms with Crippen LogP contribution in [0.3, 0.4) is 0 Å². The second-order valence-corrected chi connectivity index (χ2v) is 4.17. The minimum Gasteiger partial charge on any atom is -0.505 e. The van der Waals surface area contributed by atoms with Gasteiger partial charge in [0.05, 0.1) is 7.11 Å². The lowest BCUT2D eigenvalue weighted by Gasteiger charge is -2.10. The van der Waals surface area contributed by atoms with Crippen LogP contribution in [0.1, 0.15) is 27.9 Å². The number of carbonyl (C=O) groups is 2. The highest BCUT2D eigenvalue weighted by Gasteiger charge is 2.20. The molecule has 102 valence electrons. The molecule has 0 spiro atoms. The van der Waals surface area contributed by atoms with Gasteiger partial charge in [-0.15, -0.1) is 0 Å². The Kier molecular flexibility index (Phi) is 3.79. The number of esters is 1. The van der Waals surface area contributed by atoms with E-state index in [1.165, 1.54) is 20.1 Å². The summed E-state index contributed by atoms with van der Waals surface area (Å²) >= 11 is 0. The molecular formula is C15H13NO4. The van der Waals surface area contributed by atoms with Crippen molar-refractivity contribution >= 4 is 11.8 Å². The maximum absolute atomic E-state index is 11.7. The molecule has 2 rings (SSSR count). The van der Waals surface area contributed by atoms with Crippen molar-refractivity contribution in [3.63, 3.8) is 0 Å². The molecule has 0 aliphatic rings. The Bertz CT molecular complexity index is 665. The molecule has 5 heteroatoms. The van der Waals surface area contributed by atoms with E-state index in [4.69, 9.17) is 0 Å². The van der Waals surface area contributed by atoms with E-state index < -0.39 is 5.97 Å². The molecule has 0 atom stereocenters. The van der Waals surface area contributed by atoms with Crippen LogP contribution < -0.4 is 0 Å². The van der Waals surface area contributed by atoms with Crippen molar-refractivity contribution in [2.75, 3.05) is 7.11 Å². The zero-order chi connectivity index (χ0) is 14.7. The number of nitrogens with zero attached hydrogens (tertiary/aromatic N) is 1. The van der Waals surface area contributed by atoms with E-state index in [2.05, 4.69) is 9.72 Å². The molecule has 0 bridgehead atoms. The molecule has 0 saturated carbocycles. The fourth-order valence-electron chi connectivity index (χ4n) is 1.86. The number of ketones is 1. The number of pyridine rings is 1. The van der Waals surface area contributed by atoms with Crippen LogP contribution in [0.15, 0.2) is 36.4 Å². The van der Waals surface area contributed by atoms with E-state index >= 15 is 0 Å². The molecule has 1 aromatic carbocycles. The molecule has 20 heavy (non-hydrogen) atoms. The standard InChI is InChI=1S/C15H13NO4/c1-9(17)13-11(10-6-4-3-5-7-10)8-12(18)14(16-13)15(19)20-2/h3-8,18H,1-2H3. The fraction of sp³-hybridized carbons (Fsp3) is 0.133. The maximum atomic E-state index is 11.7. The normalized spacial score (nSPS) is 10.1. The number of benzene rings is 1. The van der Waals surface area contributed by atoms with E-state index in [1.807, 2.05) is 18.2 Å². The van der Waals surface area contributed by atoms with Crippen LogP contribution in [0.2, 0.25) is 0 Å². The van der Waals surface area contributed by atoms with Gasteiger partial charge in [0.1, 0.15) is 11.4 Å². The topological polar surface area (TPSA) is 76.5 Å². The van der Waals surface area contributed by atoms with Gasteiger partial charge in [-0.2, -0.15) is 0 Å². The van der Waals surface area contributed by atoms with Crippen molar-refractivity contribution in [2.45, 2.75) is 6.92 Å². The average Bonchev–Trinajstić information content (AvgIpc) is 2.46. The molecular weight excluding hydrogens is 258 g/mol. The second kappa shape index (κ2) is 5.52. The van der Waals surface area contributed by atoms with Gasteiger partial charge in [-0.05, 0) is 11.6 Å². The number of Topliss-reactive ketones (excluding diaryl/α,β-unsaturated/α-hetero) is 1. The van der Waals surface area contributed by atoms with E-state index in [0.717, 1.165) is 5.56 Å². The van der Waals surface area contributed by atoms with Gasteiger partial charge in [0.25, 0.3) is 0 Å². The maximum Gasteiger partial charge on any atom is 0.360 e. The van der Waals surface area contributed by atoms with Crippen LogP contribution in [0, 0.1) is 0 Å². The molecule has 0 fully saturated rings. The summed E-state index contributed by atoms with van der Waals surface area (Å²) in [5.41, 5.74) is 1.06. The lowest BCUT2D eigenvalue weighted by Crippen LogP contribution is -2.10. The van der Waals surface area contributed by atoms with Crippen molar-refractivity contribution in [1.82, 2.24) is 4.98 Å². The molecule has 0 aliphatic carbocycles. The van der Waals surface area contributed by atoms with Gasteiger partial charge in [0.2, 0.25) is 0 Å². The van der Waals surface area contributed by atoms with Crippen molar-refractivity contribution < 1.29 is 19.4 Å². The van der Waals surface area contributed by atoms with E-state index in [-0.39, 0.29) is 22.9 Å². The van der Waals surface area contributed by atoms with Gasteiger partial charge >= 0.3 is 5.97 Å². The molecule has 0 amide bonds. The number of ether oxygens (including phenoxy) is 1. The van der Waals surface area contributed by atoms with Crippen molar-refractivity contribution in [3.8, 4) is 16.9 Å². The Morgan fingerprint density at radius 3 is 2.35 bits per heavy atom. The number of rotatable bonds is 3. The quantitative estimate of drug-likeness (QED) is 0.685. The number of hydrogen-bond acceptors (Lipinski definition) is 5. The van der Waals surface area contributed by atoms with Crippen LogP contribution in [0.25, 0.3) is 11.1 Å². The van der Waals surface area contributed by atoms with E-state index in [0.29, 0.717) is 5.56 Å². The summed E-state index contributed by atoms with van der Waals surface area (Å²) in [5, 5.41) is 9.89. The largest absolute Gasteiger partial charge is 0.505 e. The summed E-state index contributed by atoms with van der Waals surface area (Å²) in [4.78, 5) is 27.2. The van der Waals surface area contributed by atoms with Crippen LogP contribution in [-0.4, -0.2) is 29.0 Å². The third kappa shape index (κ3) is 2.51. The number of aromatic hydroxyl groups is 1. The van der Waals surface area contributed by atoms with Crippen molar-refractivity contribution in [2.24, 2.45) is 0 Å². The smallest absolute Gasteiger partial charge is 0.360 e. The zero-order valence-electron chi connectivity index (χ0n) is 11.1. The Balaban J connectivity index is 2.67. The summed E-state index contributed by atoms with van der Waals surface area (Å²) in [6.45, 7) is 1.35. The Labute approximate surface area is 115 Å². The van der Waals surface area contributed by atoms with E-state index in [1.54, 1.807) is 12.1 Å². The molecule has 0 radical (unpaired) electrons. The molecule has 2 aromatic rings. The predicted octanol–water partition coefficient (Wildman–Crippen LogP) is 2.44. The van der Waals surface area contributed by atoms with Crippen LogP contribution in [-0.2, 0) is 4.74 Å². The highest BCUT2D eigenvalue weighted by Crippen LogP contribution is 2.29. The first-order valence-electron chi connectivity index (χ1n) is 5.93. The third-order valence-corrected chi connectivity index (χ3v) is 2.80. The summed E-state index contributed by atoms with van der Waals surface area (Å²) in [5.74, 6) is -1.40. The molecule has 1 heterocycles. The summed E-state index contributed by atoms with van der Waals surface area (Å²) in [7, 11) is 1.18. The van der Waals surface area contributed by atoms with Gasteiger partial charge in [-0.1, -0.05) is 30.3 Å². The van der Waals surface area contributed by atoms with Gasteiger partial charge < -0.3 is 9.84 Å². The van der Waals surface area contributed by atoms with Gasteiger partial charge in [-0.3, -0.25) is 4.79 Å². The average molecular weight is 271 g/mol. The highest BCUT2D eigenvalue weighted by atomic mass is 16.5. The molecule has 1 aromatic heterocycles. The van der Waals surface area contributed by atoms with Gasteiger partial charge in [0, 0.05) is 12.5 Å². The molecule has 5 nitrogen and oxygen atoms in total. The SMILES string of the molecule is COC(=O)c1nc(C(C)=O)c(-c2ccccc2)cc1O. The fourth-order valence-corrected chi connectivity index (χ4v) is 1.86. The van der Waals surface area contributed by atoms with Crippen LogP contribution >= 0.6 is 0 Å². The molecule has 0 unspecified atom stereocenters. The summed E-state index contributed by atoms with van der Waals surface area (Å²) in [6, 6.07) is 10.4. The Morgan fingerprint density at radius 1 is 1.15 bits per heavy atom. The zero-order valence-corrected chi connectivity index (χ0v) is 11.1. The van der Waals surface area contributed by atoms with Crippen LogP contribution in [0.5, 0.6) is 5.75 Å². The first kappa shape index (κ1) is 13.7. The van der Waals surface area contributed by atoms with Gasteiger partial charge in [-0.25, -0.2) is 9.78 Å². The van der Waals surface area contributed by atoms with Crippen molar-refractivity contribution in [1.29, 1.82) is 0 Å². The summed E-state index contributed by atoms with van der Waals surface area (Å²) in [6.07, 6.45) is 0. The third-order valence-electron chi connectivity index (χ3n) is 2.80. The number of aromatic nitrogens is 1. The molecule has 1 N–H and O–H groups in total. The van der Waals surface area contributed by atoms with Crippen LogP contribution in [0.4, 0.5) is 0 Å². The number of carbonyl (C=O) groups excluding carboxylic acids is 2. The number of hydrogen-bond donors (Lipinski definition) is 1. The minimum atomic E-state index is -0.787. The predicted molar refractivity (Wildman–Crippen MR) is 72.7 cm³/mol. The van der Waals surface area contributed by atoms with Gasteiger partial charge in [0.15, 0.2) is 11.5 Å². The molecule has 0 aliphatic heterocycles. The molecule has 0 saturated heterocycles. The first-order valence-corrected chi connectivity index (χ1v) is 5.93. The lowest BCUT2D eigenvalue weighted by atomic mass is 10.0. The van der Waals surface area contributed by atoms with E-state index in [9.17, 15) is 14.7 Å². The number of methoxy groups -OCH3 is 1. The Hall–Kier alpha value is -2.69. The summed E-state index contributed by atoms with van der Waals surface area (Å²) < 4.78 is 4.52. The minimum absolute atomic E-state index is 0.120.